The van der Waals surface area contributed by atoms with Gasteiger partial charge in [-0.1, -0.05) is 42.5 Å². The minimum Gasteiger partial charge on any atom is -0.491 e. The maximum atomic E-state index is 12.8. The van der Waals surface area contributed by atoms with Gasteiger partial charge in [-0.25, -0.2) is 8.42 Å². The molecule has 31 heavy (non-hydrogen) atoms. The monoisotopic (exact) mass is 438 g/mol. The van der Waals surface area contributed by atoms with Crippen molar-refractivity contribution in [3.8, 4) is 5.75 Å². The number of aryl methyl sites for hydroxylation is 1. The van der Waals surface area contributed by atoms with E-state index in [1.807, 2.05) is 38.1 Å². The van der Waals surface area contributed by atoms with E-state index >= 15 is 0 Å². The van der Waals surface area contributed by atoms with E-state index in [0.717, 1.165) is 11.3 Å². The molecule has 1 amide bonds. The molecule has 0 heterocycles. The molecule has 3 rings (SSSR count). The standard InChI is InChI=1S/C24H26N2O4S/c1-18-10-7-8-15-23(18)30-17-19(2)25-24(27)20-11-9-12-21(16-20)26(3)31(28,29)22-13-5-4-6-14-22/h4-16,19H,17H2,1-3H3,(H,25,27). The molecule has 162 valence electrons. The van der Waals surface area contributed by atoms with Gasteiger partial charge < -0.3 is 10.1 Å². The molecule has 3 aromatic carbocycles. The number of para-hydroxylation sites is 1. The molecule has 0 aliphatic carbocycles. The molecule has 7 heteroatoms. The second-order valence-corrected chi connectivity index (χ2v) is 9.26. The van der Waals surface area contributed by atoms with Crippen LogP contribution < -0.4 is 14.4 Å². The van der Waals surface area contributed by atoms with Crippen LogP contribution in [-0.4, -0.2) is 34.0 Å². The summed E-state index contributed by atoms with van der Waals surface area (Å²) < 4.78 is 32.7. The van der Waals surface area contributed by atoms with E-state index in [-0.39, 0.29) is 16.8 Å². The minimum atomic E-state index is -3.72. The molecule has 0 aliphatic rings. The van der Waals surface area contributed by atoms with Crippen LogP contribution in [0, 0.1) is 6.92 Å². The molecule has 0 aromatic heterocycles. The summed E-state index contributed by atoms with van der Waals surface area (Å²) in [5.41, 5.74) is 1.80. The van der Waals surface area contributed by atoms with Gasteiger partial charge in [-0.2, -0.15) is 0 Å². The van der Waals surface area contributed by atoms with E-state index in [4.69, 9.17) is 4.74 Å². The lowest BCUT2D eigenvalue weighted by Gasteiger charge is -2.20. The van der Waals surface area contributed by atoms with Crippen LogP contribution in [0.15, 0.2) is 83.8 Å². The van der Waals surface area contributed by atoms with Gasteiger partial charge in [0.15, 0.2) is 0 Å². The summed E-state index contributed by atoms with van der Waals surface area (Å²) in [4.78, 5) is 12.9. The zero-order chi connectivity index (χ0) is 22.4. The fourth-order valence-corrected chi connectivity index (χ4v) is 4.22. The molecule has 0 spiro atoms. The van der Waals surface area contributed by atoms with E-state index in [1.54, 1.807) is 54.6 Å². The first kappa shape index (κ1) is 22.4. The normalized spacial score (nSPS) is 12.1. The quantitative estimate of drug-likeness (QED) is 0.576. The Balaban J connectivity index is 1.68. The van der Waals surface area contributed by atoms with Crippen molar-refractivity contribution in [2.75, 3.05) is 18.0 Å². The van der Waals surface area contributed by atoms with Gasteiger partial charge in [0.25, 0.3) is 15.9 Å². The molecule has 1 N–H and O–H groups in total. The molecule has 1 atom stereocenters. The Bertz CT molecular complexity index is 1150. The summed E-state index contributed by atoms with van der Waals surface area (Å²) in [5, 5.41) is 2.89. The second kappa shape index (κ2) is 9.66. The molecule has 0 radical (unpaired) electrons. The van der Waals surface area contributed by atoms with Crippen LogP contribution in [-0.2, 0) is 10.0 Å². The van der Waals surface area contributed by atoms with Crippen molar-refractivity contribution in [3.05, 3.63) is 90.0 Å². The molecule has 3 aromatic rings. The number of sulfonamides is 1. The predicted molar refractivity (Wildman–Crippen MR) is 122 cm³/mol. The fraction of sp³-hybridized carbons (Fsp3) is 0.208. The minimum absolute atomic E-state index is 0.189. The maximum absolute atomic E-state index is 12.8. The zero-order valence-corrected chi connectivity index (χ0v) is 18.6. The van der Waals surface area contributed by atoms with E-state index < -0.39 is 10.0 Å². The number of anilines is 1. The average molecular weight is 439 g/mol. The lowest BCUT2D eigenvalue weighted by atomic mass is 10.1. The van der Waals surface area contributed by atoms with Gasteiger partial charge in [-0.15, -0.1) is 0 Å². The smallest absolute Gasteiger partial charge is 0.264 e. The van der Waals surface area contributed by atoms with Crippen LogP contribution in [0.1, 0.15) is 22.8 Å². The Hall–Kier alpha value is -3.32. The van der Waals surface area contributed by atoms with Gasteiger partial charge in [-0.05, 0) is 55.8 Å². The van der Waals surface area contributed by atoms with Crippen molar-refractivity contribution in [2.45, 2.75) is 24.8 Å². The van der Waals surface area contributed by atoms with Crippen molar-refractivity contribution < 1.29 is 17.9 Å². The van der Waals surface area contributed by atoms with E-state index in [9.17, 15) is 13.2 Å². The first-order valence-corrected chi connectivity index (χ1v) is 11.4. The predicted octanol–water partition coefficient (Wildman–Crippen LogP) is 4.02. The van der Waals surface area contributed by atoms with Crippen molar-refractivity contribution in [1.29, 1.82) is 0 Å². The lowest BCUT2D eigenvalue weighted by molar-refractivity contribution is 0.0926. The molecular weight excluding hydrogens is 412 g/mol. The first-order valence-electron chi connectivity index (χ1n) is 9.92. The highest BCUT2D eigenvalue weighted by Gasteiger charge is 2.22. The summed E-state index contributed by atoms with van der Waals surface area (Å²) in [6.45, 7) is 4.13. The van der Waals surface area contributed by atoms with Gasteiger partial charge in [-0.3, -0.25) is 9.10 Å². The Morgan fingerprint density at radius 2 is 1.68 bits per heavy atom. The number of nitrogens with one attached hydrogen (secondary N) is 1. The van der Waals surface area contributed by atoms with Crippen molar-refractivity contribution in [2.24, 2.45) is 0 Å². The third-order valence-corrected chi connectivity index (χ3v) is 6.63. The summed E-state index contributed by atoms with van der Waals surface area (Å²) >= 11 is 0. The van der Waals surface area contributed by atoms with Crippen LogP contribution in [0.2, 0.25) is 0 Å². The molecule has 0 saturated carbocycles. The van der Waals surface area contributed by atoms with Crippen molar-refractivity contribution in [3.63, 3.8) is 0 Å². The van der Waals surface area contributed by atoms with Crippen LogP contribution >= 0.6 is 0 Å². The summed E-state index contributed by atoms with van der Waals surface area (Å²) in [6.07, 6.45) is 0. The molecule has 6 nitrogen and oxygen atoms in total. The number of rotatable bonds is 8. The summed E-state index contributed by atoms with van der Waals surface area (Å²) in [6, 6.07) is 22.2. The highest BCUT2D eigenvalue weighted by atomic mass is 32.2. The van der Waals surface area contributed by atoms with E-state index in [0.29, 0.717) is 17.9 Å². The van der Waals surface area contributed by atoms with Gasteiger partial charge >= 0.3 is 0 Å². The third-order valence-electron chi connectivity index (χ3n) is 4.83. The number of ether oxygens (including phenoxy) is 1. The first-order chi connectivity index (χ1) is 14.8. The third kappa shape index (κ3) is 5.44. The fourth-order valence-electron chi connectivity index (χ4n) is 3.01. The van der Waals surface area contributed by atoms with Crippen LogP contribution in [0.4, 0.5) is 5.69 Å². The number of hydrogen-bond acceptors (Lipinski definition) is 4. The number of benzene rings is 3. The number of hydrogen-bond donors (Lipinski definition) is 1. The topological polar surface area (TPSA) is 75.7 Å². The van der Waals surface area contributed by atoms with Gasteiger partial charge in [0, 0.05) is 12.6 Å². The average Bonchev–Trinajstić information content (AvgIpc) is 2.78. The highest BCUT2D eigenvalue weighted by Crippen LogP contribution is 2.23. The number of nitrogens with zero attached hydrogens (tertiary/aromatic N) is 1. The Kier molecular flexibility index (Phi) is 6.97. The maximum Gasteiger partial charge on any atom is 0.264 e. The highest BCUT2D eigenvalue weighted by molar-refractivity contribution is 7.92. The molecule has 1 unspecified atom stereocenters. The SMILES string of the molecule is Cc1ccccc1OCC(C)NC(=O)c1cccc(N(C)S(=O)(=O)c2ccccc2)c1. The van der Waals surface area contributed by atoms with E-state index in [1.165, 1.54) is 11.4 Å². The molecule has 0 aliphatic heterocycles. The van der Waals surface area contributed by atoms with Gasteiger partial charge in [0.05, 0.1) is 16.6 Å². The summed E-state index contributed by atoms with van der Waals surface area (Å²) in [5.74, 6) is 0.478. The molecule has 0 bridgehead atoms. The Morgan fingerprint density at radius 1 is 1.00 bits per heavy atom. The zero-order valence-electron chi connectivity index (χ0n) is 17.8. The van der Waals surface area contributed by atoms with Crippen LogP contribution in [0.5, 0.6) is 5.75 Å². The Labute approximate surface area is 183 Å². The number of amides is 1. The number of carbonyl (C=O) groups is 1. The van der Waals surface area contributed by atoms with Crippen molar-refractivity contribution >= 4 is 21.6 Å². The van der Waals surface area contributed by atoms with Crippen LogP contribution in [0.25, 0.3) is 0 Å². The lowest BCUT2D eigenvalue weighted by Crippen LogP contribution is -2.37. The van der Waals surface area contributed by atoms with Crippen molar-refractivity contribution in [1.82, 2.24) is 5.32 Å². The van der Waals surface area contributed by atoms with Gasteiger partial charge in [0.1, 0.15) is 12.4 Å². The molecular formula is C24H26N2O4S. The second-order valence-electron chi connectivity index (χ2n) is 7.29. The largest absolute Gasteiger partial charge is 0.491 e. The molecule has 0 saturated heterocycles. The molecule has 0 fully saturated rings. The van der Waals surface area contributed by atoms with E-state index in [2.05, 4.69) is 5.32 Å². The number of carbonyl (C=O) groups excluding carboxylic acids is 1. The Morgan fingerprint density at radius 3 is 2.39 bits per heavy atom. The van der Waals surface area contributed by atoms with Crippen LogP contribution in [0.3, 0.4) is 0 Å². The van der Waals surface area contributed by atoms with Gasteiger partial charge in [0.2, 0.25) is 0 Å². The summed E-state index contributed by atoms with van der Waals surface area (Å²) in [7, 11) is -2.25.